The average Bonchev–Trinajstić information content (AvgIpc) is 2.89. The summed E-state index contributed by atoms with van der Waals surface area (Å²) in [6, 6.07) is 12.0. The largest absolute Gasteiger partial charge is 0.445 e. The number of ether oxygens (including phenoxy) is 2. The van der Waals surface area contributed by atoms with E-state index in [1.807, 2.05) is 30.3 Å². The SMILES string of the molecule is CC(C)(C)OC(=O)N1C[Si@@H](NC(=O)OCc2ccccc2)CC[C@@H]1C(=O)NNC(=O)c1ccc(C(F)(F)F)cc1. The second-order valence-corrected chi connectivity index (χ2v) is 12.8. The first kappa shape index (κ1) is 30.5. The van der Waals surface area contributed by atoms with E-state index in [-0.39, 0.29) is 24.8 Å². The predicted molar refractivity (Wildman–Crippen MR) is 140 cm³/mol. The van der Waals surface area contributed by atoms with E-state index < -0.39 is 56.3 Å². The van der Waals surface area contributed by atoms with Crippen molar-refractivity contribution in [1.82, 2.24) is 20.7 Å². The fourth-order valence-electron chi connectivity index (χ4n) is 3.90. The highest BCUT2D eigenvalue weighted by Gasteiger charge is 2.40. The Balaban J connectivity index is 1.61. The summed E-state index contributed by atoms with van der Waals surface area (Å²) in [5.41, 5.74) is 3.33. The van der Waals surface area contributed by atoms with Crippen molar-refractivity contribution in [3.05, 3.63) is 71.3 Å². The monoisotopic (exact) mass is 580 g/mol. The molecule has 1 heterocycles. The first-order chi connectivity index (χ1) is 18.7. The Bertz CT molecular complexity index is 1210. The van der Waals surface area contributed by atoms with E-state index >= 15 is 0 Å². The van der Waals surface area contributed by atoms with Crippen LogP contribution in [0.1, 0.15) is 48.7 Å². The lowest BCUT2D eigenvalue weighted by molar-refractivity contribution is -0.137. The number of hydrogen-bond acceptors (Lipinski definition) is 6. The number of alkyl halides is 3. The van der Waals surface area contributed by atoms with Crippen LogP contribution in [0.25, 0.3) is 0 Å². The summed E-state index contributed by atoms with van der Waals surface area (Å²) in [7, 11) is -2.14. The van der Waals surface area contributed by atoms with Gasteiger partial charge in [-0.1, -0.05) is 30.3 Å². The van der Waals surface area contributed by atoms with Gasteiger partial charge in [0.2, 0.25) is 0 Å². The topological polar surface area (TPSA) is 126 Å². The molecule has 40 heavy (non-hydrogen) atoms. The Morgan fingerprint density at radius 3 is 2.23 bits per heavy atom. The molecule has 0 aliphatic carbocycles. The molecule has 2 atom stereocenters. The third-order valence-electron chi connectivity index (χ3n) is 5.82. The molecule has 216 valence electrons. The maximum absolute atomic E-state index is 13.0. The van der Waals surface area contributed by atoms with Crippen LogP contribution in [0.4, 0.5) is 22.8 Å². The summed E-state index contributed by atoms with van der Waals surface area (Å²) in [6.07, 6.45) is -5.70. The van der Waals surface area contributed by atoms with Gasteiger partial charge in [0.05, 0.1) is 5.56 Å². The molecule has 0 radical (unpaired) electrons. The molecule has 0 spiro atoms. The minimum Gasteiger partial charge on any atom is -0.445 e. The molecule has 2 aromatic rings. The number of nitrogens with zero attached hydrogens (tertiary/aromatic N) is 1. The molecule has 3 N–H and O–H groups in total. The van der Waals surface area contributed by atoms with Crippen molar-refractivity contribution in [2.24, 2.45) is 0 Å². The molecule has 3 rings (SSSR count). The summed E-state index contributed by atoms with van der Waals surface area (Å²) >= 11 is 0. The number of nitrogens with one attached hydrogen (secondary N) is 3. The third kappa shape index (κ3) is 9.00. The Morgan fingerprint density at radius 2 is 1.62 bits per heavy atom. The summed E-state index contributed by atoms with van der Waals surface area (Å²) in [6.45, 7) is 5.08. The Labute approximate surface area is 230 Å². The zero-order valence-electron chi connectivity index (χ0n) is 22.2. The Morgan fingerprint density at radius 1 is 0.975 bits per heavy atom. The predicted octanol–water partition coefficient (Wildman–Crippen LogP) is 3.67. The number of hydrazine groups is 1. The van der Waals surface area contributed by atoms with Crippen molar-refractivity contribution in [3.63, 3.8) is 0 Å². The maximum Gasteiger partial charge on any atom is 0.416 e. The van der Waals surface area contributed by atoms with Gasteiger partial charge in [-0.15, -0.1) is 0 Å². The number of hydrogen-bond donors (Lipinski definition) is 3. The number of carbonyl (C=O) groups is 4. The average molecular weight is 581 g/mol. The van der Waals surface area contributed by atoms with E-state index in [0.29, 0.717) is 6.04 Å². The highest BCUT2D eigenvalue weighted by molar-refractivity contribution is 6.59. The third-order valence-corrected chi connectivity index (χ3v) is 8.33. The summed E-state index contributed by atoms with van der Waals surface area (Å²) in [5, 5.41) is 0. The molecule has 1 saturated heterocycles. The van der Waals surface area contributed by atoms with Crippen LogP contribution in [0.2, 0.25) is 6.04 Å². The number of halogens is 3. The Hall–Kier alpha value is -4.07. The molecule has 14 heteroatoms. The van der Waals surface area contributed by atoms with Gasteiger partial charge in [0, 0.05) is 11.7 Å². The summed E-state index contributed by atoms with van der Waals surface area (Å²) in [4.78, 5) is 54.7. The molecule has 4 amide bonds. The lowest BCUT2D eigenvalue weighted by Crippen LogP contribution is -2.62. The van der Waals surface area contributed by atoms with E-state index in [4.69, 9.17) is 9.47 Å². The molecule has 1 aliphatic rings. The first-order valence-corrected chi connectivity index (χ1v) is 14.7. The summed E-state index contributed by atoms with van der Waals surface area (Å²) in [5.74, 6) is -1.55. The standard InChI is InChI=1S/C26H31F3N4O6Si/c1-25(2,3)39-24(37)33-16-40(32-23(36)38-15-17-7-5-4-6-8-17)14-13-20(33)22(35)31-30-21(34)18-9-11-19(12-10-18)26(27,28)29/h4-12,20,40H,13-16H2,1-3H3,(H,30,34)(H,31,35)(H,32,36)/t20-,40+/m1/s1. The molecule has 2 aromatic carbocycles. The van der Waals surface area contributed by atoms with E-state index in [1.165, 1.54) is 4.90 Å². The Kier molecular flexibility index (Phi) is 9.79. The van der Waals surface area contributed by atoms with Crippen molar-refractivity contribution in [3.8, 4) is 0 Å². The minimum absolute atomic E-state index is 0.0697. The smallest absolute Gasteiger partial charge is 0.416 e. The second-order valence-electron chi connectivity index (χ2n) is 10.1. The molecule has 0 unspecified atom stereocenters. The van der Waals surface area contributed by atoms with Crippen molar-refractivity contribution in [2.45, 2.75) is 57.7 Å². The quantitative estimate of drug-likeness (QED) is 0.366. The normalized spacial score (nSPS) is 17.4. The minimum atomic E-state index is -4.55. The van der Waals surface area contributed by atoms with E-state index in [9.17, 15) is 32.3 Å². The van der Waals surface area contributed by atoms with Gasteiger partial charge in [-0.2, -0.15) is 13.2 Å². The molecule has 10 nitrogen and oxygen atoms in total. The van der Waals surface area contributed by atoms with Crippen molar-refractivity contribution >= 4 is 33.0 Å². The van der Waals surface area contributed by atoms with Gasteiger partial charge in [0.25, 0.3) is 11.8 Å². The maximum atomic E-state index is 13.0. The van der Waals surface area contributed by atoms with Gasteiger partial charge in [0.15, 0.2) is 8.96 Å². The molecular weight excluding hydrogens is 549 g/mol. The number of carbonyl (C=O) groups excluding carboxylic acids is 4. The van der Waals surface area contributed by atoms with Crippen molar-refractivity contribution < 1.29 is 41.8 Å². The molecule has 1 fully saturated rings. The molecule has 0 bridgehead atoms. The van der Waals surface area contributed by atoms with E-state index in [1.54, 1.807) is 20.8 Å². The van der Waals surface area contributed by atoms with Crippen molar-refractivity contribution in [1.29, 1.82) is 0 Å². The second kappa shape index (κ2) is 12.9. The van der Waals surface area contributed by atoms with Crippen LogP contribution in [0.15, 0.2) is 54.6 Å². The van der Waals surface area contributed by atoms with E-state index in [2.05, 4.69) is 15.8 Å². The molecule has 0 saturated carbocycles. The number of amides is 4. The molecule has 0 aromatic heterocycles. The van der Waals surface area contributed by atoms with Crippen LogP contribution in [0.5, 0.6) is 0 Å². The van der Waals surface area contributed by atoms with Gasteiger partial charge in [-0.05, 0) is 63.1 Å². The fraction of sp³-hybridized carbons (Fsp3) is 0.385. The summed E-state index contributed by atoms with van der Waals surface area (Å²) < 4.78 is 49.0. The molecular formula is C26H31F3N4O6Si. The number of rotatable bonds is 5. The van der Waals surface area contributed by atoms with Gasteiger partial charge >= 0.3 is 18.4 Å². The zero-order valence-corrected chi connectivity index (χ0v) is 23.4. The highest BCUT2D eigenvalue weighted by atomic mass is 28.3. The van der Waals surface area contributed by atoms with Crippen LogP contribution >= 0.6 is 0 Å². The lowest BCUT2D eigenvalue weighted by Gasteiger charge is -2.38. The van der Waals surface area contributed by atoms with Crippen LogP contribution in [0.3, 0.4) is 0 Å². The highest BCUT2D eigenvalue weighted by Crippen LogP contribution is 2.29. The number of benzene rings is 2. The molecule has 1 aliphatic heterocycles. The first-order valence-electron chi connectivity index (χ1n) is 12.5. The van der Waals surface area contributed by atoms with E-state index in [0.717, 1.165) is 29.8 Å². The van der Waals surface area contributed by atoms with Crippen LogP contribution in [-0.2, 0) is 27.1 Å². The van der Waals surface area contributed by atoms with Gasteiger partial charge in [-0.3, -0.25) is 25.3 Å². The fourth-order valence-corrected chi connectivity index (χ4v) is 6.33. The van der Waals surface area contributed by atoms with Gasteiger partial charge in [0.1, 0.15) is 18.2 Å². The van der Waals surface area contributed by atoms with Crippen molar-refractivity contribution in [2.75, 3.05) is 6.17 Å². The zero-order chi connectivity index (χ0) is 29.5. The van der Waals surface area contributed by atoms with Crippen LogP contribution in [0, 0.1) is 0 Å². The lowest BCUT2D eigenvalue weighted by atomic mass is 10.1. The van der Waals surface area contributed by atoms with Crippen LogP contribution in [-0.4, -0.2) is 55.7 Å². The van der Waals surface area contributed by atoms with Gasteiger partial charge < -0.3 is 14.5 Å². The van der Waals surface area contributed by atoms with Crippen LogP contribution < -0.4 is 15.8 Å². The van der Waals surface area contributed by atoms with Gasteiger partial charge in [-0.25, -0.2) is 9.59 Å².